The quantitative estimate of drug-likeness (QED) is 0.723. The lowest BCUT2D eigenvalue weighted by Crippen LogP contribution is -2.38. The largest absolute Gasteiger partial charge is 0.444 e. The molecule has 0 aliphatic carbocycles. The van der Waals surface area contributed by atoms with Gasteiger partial charge in [0.05, 0.1) is 0 Å². The van der Waals surface area contributed by atoms with Crippen molar-refractivity contribution in [1.29, 1.82) is 0 Å². The molecule has 0 atom stereocenters. The van der Waals surface area contributed by atoms with E-state index in [1.165, 1.54) is 0 Å². The molecule has 0 fully saturated rings. The van der Waals surface area contributed by atoms with E-state index in [9.17, 15) is 4.79 Å². The number of benzene rings is 1. The van der Waals surface area contributed by atoms with Crippen LogP contribution in [0.4, 0.5) is 16.2 Å². The zero-order chi connectivity index (χ0) is 16.8. The van der Waals surface area contributed by atoms with Crippen molar-refractivity contribution in [2.24, 2.45) is 0 Å². The molecule has 0 aliphatic rings. The molecule has 1 aromatic carbocycles. The summed E-state index contributed by atoms with van der Waals surface area (Å²) in [6, 6.07) is 7.57. The van der Waals surface area contributed by atoms with Crippen molar-refractivity contribution in [3.63, 3.8) is 0 Å². The minimum Gasteiger partial charge on any atom is -0.444 e. The number of anilines is 2. The van der Waals surface area contributed by atoms with Crippen LogP contribution in [-0.2, 0) is 4.74 Å². The number of hydrogen-bond donors (Lipinski definition) is 3. The summed E-state index contributed by atoms with van der Waals surface area (Å²) in [4.78, 5) is 11.7. The highest BCUT2D eigenvalue weighted by Gasteiger charge is 2.16. The minimum absolute atomic E-state index is 0.128. The van der Waals surface area contributed by atoms with Crippen LogP contribution >= 0.6 is 0 Å². The number of ether oxygens (including phenoxy) is 1. The van der Waals surface area contributed by atoms with Gasteiger partial charge in [-0.3, -0.25) is 5.32 Å². The Labute approximate surface area is 133 Å². The van der Waals surface area contributed by atoms with Gasteiger partial charge in [-0.25, -0.2) is 4.79 Å². The molecule has 1 amide bonds. The van der Waals surface area contributed by atoms with Gasteiger partial charge >= 0.3 is 6.09 Å². The summed E-state index contributed by atoms with van der Waals surface area (Å²) in [5.74, 6) is 0. The van der Waals surface area contributed by atoms with Gasteiger partial charge in [0, 0.05) is 30.0 Å². The summed E-state index contributed by atoms with van der Waals surface area (Å²) in [6.07, 6.45) is -0.442. The number of hydrogen-bond acceptors (Lipinski definition) is 4. The summed E-state index contributed by atoms with van der Waals surface area (Å²) >= 11 is 0. The van der Waals surface area contributed by atoms with Gasteiger partial charge in [0.2, 0.25) is 0 Å². The normalized spacial score (nSPS) is 11.9. The molecule has 0 saturated heterocycles. The van der Waals surface area contributed by atoms with Crippen LogP contribution in [0.5, 0.6) is 0 Å². The van der Waals surface area contributed by atoms with Crippen LogP contribution in [0.3, 0.4) is 0 Å². The zero-order valence-electron chi connectivity index (χ0n) is 14.5. The van der Waals surface area contributed by atoms with Gasteiger partial charge in [0.1, 0.15) is 5.60 Å². The minimum atomic E-state index is -0.494. The van der Waals surface area contributed by atoms with Crippen LogP contribution in [0.25, 0.3) is 0 Å². The fourth-order valence-corrected chi connectivity index (χ4v) is 1.74. The zero-order valence-corrected chi connectivity index (χ0v) is 14.5. The highest BCUT2D eigenvalue weighted by molar-refractivity contribution is 5.85. The van der Waals surface area contributed by atoms with Crippen LogP contribution in [0.1, 0.15) is 41.5 Å². The van der Waals surface area contributed by atoms with E-state index in [0.29, 0.717) is 5.69 Å². The van der Waals surface area contributed by atoms with Crippen molar-refractivity contribution >= 4 is 17.5 Å². The Morgan fingerprint density at radius 3 is 2.00 bits per heavy atom. The standard InChI is InChI=1S/C17H29N3O2/c1-16(2,3)19-12-11-18-13-7-9-14(10-8-13)20-15(21)22-17(4,5)6/h7-10,18-19H,11-12H2,1-6H3,(H,20,21). The molecular weight excluding hydrogens is 278 g/mol. The smallest absolute Gasteiger partial charge is 0.412 e. The molecule has 0 saturated carbocycles. The highest BCUT2D eigenvalue weighted by Crippen LogP contribution is 2.15. The van der Waals surface area contributed by atoms with Crippen molar-refractivity contribution in [3.8, 4) is 0 Å². The molecule has 1 rings (SSSR count). The lowest BCUT2D eigenvalue weighted by molar-refractivity contribution is 0.0636. The Hall–Kier alpha value is -1.75. The number of carbonyl (C=O) groups is 1. The van der Waals surface area contributed by atoms with E-state index in [2.05, 4.69) is 36.7 Å². The number of nitrogens with one attached hydrogen (secondary N) is 3. The van der Waals surface area contributed by atoms with Crippen LogP contribution in [0.2, 0.25) is 0 Å². The van der Waals surface area contributed by atoms with E-state index < -0.39 is 11.7 Å². The van der Waals surface area contributed by atoms with Gasteiger partial charge in [0.25, 0.3) is 0 Å². The van der Waals surface area contributed by atoms with Gasteiger partial charge in [-0.05, 0) is 65.8 Å². The Bertz CT molecular complexity index is 470. The number of amides is 1. The molecule has 0 aromatic heterocycles. The first-order valence-corrected chi connectivity index (χ1v) is 7.64. The fraction of sp³-hybridized carbons (Fsp3) is 0.588. The first kappa shape index (κ1) is 18.3. The molecule has 5 nitrogen and oxygen atoms in total. The second-order valence-electron chi connectivity index (χ2n) is 7.31. The molecule has 5 heteroatoms. The van der Waals surface area contributed by atoms with Crippen molar-refractivity contribution < 1.29 is 9.53 Å². The van der Waals surface area contributed by atoms with Gasteiger partial charge in [0.15, 0.2) is 0 Å². The second kappa shape index (κ2) is 7.49. The maximum atomic E-state index is 11.7. The summed E-state index contributed by atoms with van der Waals surface area (Å²) < 4.78 is 5.21. The van der Waals surface area contributed by atoms with Crippen molar-refractivity contribution in [2.45, 2.75) is 52.7 Å². The fourth-order valence-electron chi connectivity index (χ4n) is 1.74. The summed E-state index contributed by atoms with van der Waals surface area (Å²) in [5, 5.41) is 9.46. The van der Waals surface area contributed by atoms with Gasteiger partial charge in [-0.2, -0.15) is 0 Å². The lowest BCUT2D eigenvalue weighted by atomic mass is 10.1. The molecule has 1 aromatic rings. The Kier molecular flexibility index (Phi) is 6.23. The summed E-state index contributed by atoms with van der Waals surface area (Å²) in [7, 11) is 0. The topological polar surface area (TPSA) is 62.4 Å². The van der Waals surface area contributed by atoms with Crippen LogP contribution < -0.4 is 16.0 Å². The molecule has 0 unspecified atom stereocenters. The SMILES string of the molecule is CC(C)(C)NCCNc1ccc(NC(=O)OC(C)(C)C)cc1. The van der Waals surface area contributed by atoms with Gasteiger partial charge in [-0.1, -0.05) is 0 Å². The van der Waals surface area contributed by atoms with E-state index in [1.54, 1.807) is 0 Å². The third kappa shape index (κ3) is 8.52. The molecule has 0 radical (unpaired) electrons. The van der Waals surface area contributed by atoms with E-state index in [-0.39, 0.29) is 5.54 Å². The molecule has 0 heterocycles. The maximum absolute atomic E-state index is 11.7. The molecule has 0 aliphatic heterocycles. The Morgan fingerprint density at radius 2 is 1.50 bits per heavy atom. The molecular formula is C17H29N3O2. The van der Waals surface area contributed by atoms with Crippen molar-refractivity contribution in [2.75, 3.05) is 23.7 Å². The summed E-state index contributed by atoms with van der Waals surface area (Å²) in [5.41, 5.74) is 1.37. The van der Waals surface area contributed by atoms with Gasteiger partial charge in [-0.15, -0.1) is 0 Å². The average Bonchev–Trinajstić information content (AvgIpc) is 2.33. The summed E-state index contributed by atoms with van der Waals surface area (Å²) in [6.45, 7) is 13.7. The first-order chi connectivity index (χ1) is 10.1. The Balaban J connectivity index is 2.38. The third-order valence-electron chi connectivity index (χ3n) is 2.64. The van der Waals surface area contributed by atoms with E-state index in [1.807, 2.05) is 45.0 Å². The Morgan fingerprint density at radius 1 is 0.955 bits per heavy atom. The predicted octanol–water partition coefficient (Wildman–Crippen LogP) is 3.83. The van der Waals surface area contributed by atoms with Crippen LogP contribution in [0.15, 0.2) is 24.3 Å². The second-order valence-corrected chi connectivity index (χ2v) is 7.31. The molecule has 0 spiro atoms. The van der Waals surface area contributed by atoms with Crippen molar-refractivity contribution in [3.05, 3.63) is 24.3 Å². The third-order valence-corrected chi connectivity index (χ3v) is 2.64. The highest BCUT2D eigenvalue weighted by atomic mass is 16.6. The maximum Gasteiger partial charge on any atom is 0.412 e. The monoisotopic (exact) mass is 307 g/mol. The predicted molar refractivity (Wildman–Crippen MR) is 92.5 cm³/mol. The van der Waals surface area contributed by atoms with Gasteiger partial charge < -0.3 is 15.4 Å². The molecule has 124 valence electrons. The first-order valence-electron chi connectivity index (χ1n) is 7.64. The van der Waals surface area contributed by atoms with Crippen LogP contribution in [-0.4, -0.2) is 30.3 Å². The average molecular weight is 307 g/mol. The number of carbonyl (C=O) groups excluding carboxylic acids is 1. The van der Waals surface area contributed by atoms with E-state index in [4.69, 9.17) is 4.74 Å². The molecule has 22 heavy (non-hydrogen) atoms. The molecule has 3 N–H and O–H groups in total. The van der Waals surface area contributed by atoms with Crippen molar-refractivity contribution in [1.82, 2.24) is 5.32 Å². The molecule has 0 bridgehead atoms. The van der Waals surface area contributed by atoms with E-state index >= 15 is 0 Å². The van der Waals surface area contributed by atoms with E-state index in [0.717, 1.165) is 18.8 Å². The number of rotatable bonds is 5. The lowest BCUT2D eigenvalue weighted by Gasteiger charge is -2.21. The van der Waals surface area contributed by atoms with Crippen LogP contribution in [0, 0.1) is 0 Å².